The summed E-state index contributed by atoms with van der Waals surface area (Å²) in [5, 5.41) is 11.2. The number of nitrogens with zero attached hydrogens (tertiary/aromatic N) is 3. The minimum absolute atomic E-state index is 0.176. The van der Waals surface area contributed by atoms with Crippen LogP contribution in [0.4, 0.5) is 5.82 Å². The van der Waals surface area contributed by atoms with E-state index in [1.165, 1.54) is 18.0 Å². The first-order chi connectivity index (χ1) is 9.17. The van der Waals surface area contributed by atoms with Gasteiger partial charge >= 0.3 is 0 Å². The Bertz CT molecular complexity index is 558. The van der Waals surface area contributed by atoms with Crippen LogP contribution < -0.4 is 5.32 Å². The van der Waals surface area contributed by atoms with Crippen LogP contribution in [-0.4, -0.2) is 26.8 Å². The van der Waals surface area contributed by atoms with Crippen molar-refractivity contribution in [2.75, 3.05) is 11.1 Å². The molecule has 2 aromatic rings. The minimum Gasteiger partial charge on any atom is -0.416 e. The maximum atomic E-state index is 11.7. The molecule has 8 heteroatoms. The van der Waals surface area contributed by atoms with E-state index in [0.717, 1.165) is 0 Å². The molecule has 0 saturated heterocycles. The molecule has 0 aliphatic heterocycles. The van der Waals surface area contributed by atoms with Gasteiger partial charge < -0.3 is 9.73 Å². The highest BCUT2D eigenvalue weighted by Gasteiger charge is 2.09. The SMILES string of the molecule is CCc1nnc(SCC(=O)Nc2ccc(Cl)cn2)o1. The zero-order valence-electron chi connectivity index (χ0n) is 10.1. The van der Waals surface area contributed by atoms with Gasteiger partial charge in [0.25, 0.3) is 5.22 Å². The first-order valence-corrected chi connectivity index (χ1v) is 6.90. The van der Waals surface area contributed by atoms with Gasteiger partial charge in [0, 0.05) is 12.6 Å². The van der Waals surface area contributed by atoms with Crippen molar-refractivity contribution < 1.29 is 9.21 Å². The Morgan fingerprint density at radius 3 is 2.95 bits per heavy atom. The minimum atomic E-state index is -0.198. The Labute approximate surface area is 119 Å². The Morgan fingerprint density at radius 1 is 1.47 bits per heavy atom. The van der Waals surface area contributed by atoms with Crippen molar-refractivity contribution in [1.29, 1.82) is 0 Å². The fraction of sp³-hybridized carbons (Fsp3) is 0.273. The molecule has 6 nitrogen and oxygen atoms in total. The van der Waals surface area contributed by atoms with Gasteiger partial charge in [0.1, 0.15) is 5.82 Å². The first-order valence-electron chi connectivity index (χ1n) is 5.54. The second kappa shape index (κ2) is 6.53. The molecule has 2 rings (SSSR count). The maximum absolute atomic E-state index is 11.7. The van der Waals surface area contributed by atoms with Crippen molar-refractivity contribution in [3.8, 4) is 0 Å². The molecule has 1 amide bonds. The smallest absolute Gasteiger partial charge is 0.277 e. The number of nitrogens with one attached hydrogen (secondary N) is 1. The number of hydrogen-bond donors (Lipinski definition) is 1. The number of aromatic nitrogens is 3. The fourth-order valence-corrected chi connectivity index (χ4v) is 1.89. The van der Waals surface area contributed by atoms with E-state index >= 15 is 0 Å². The Morgan fingerprint density at radius 2 is 2.32 bits per heavy atom. The molecule has 0 radical (unpaired) electrons. The molecule has 1 N–H and O–H groups in total. The lowest BCUT2D eigenvalue weighted by Crippen LogP contribution is -2.14. The van der Waals surface area contributed by atoms with Crippen molar-refractivity contribution in [2.45, 2.75) is 18.6 Å². The van der Waals surface area contributed by atoms with E-state index in [9.17, 15) is 4.79 Å². The van der Waals surface area contributed by atoms with Gasteiger partial charge in [-0.05, 0) is 12.1 Å². The Hall–Kier alpha value is -1.60. The zero-order chi connectivity index (χ0) is 13.7. The van der Waals surface area contributed by atoms with Crippen molar-refractivity contribution in [2.24, 2.45) is 0 Å². The van der Waals surface area contributed by atoms with Crippen LogP contribution in [-0.2, 0) is 11.2 Å². The molecular weight excluding hydrogens is 288 g/mol. The third-order valence-electron chi connectivity index (χ3n) is 2.07. The summed E-state index contributed by atoms with van der Waals surface area (Å²) in [6, 6.07) is 3.29. The molecule has 0 aromatic carbocycles. The van der Waals surface area contributed by atoms with Crippen LogP contribution in [0, 0.1) is 0 Å². The van der Waals surface area contributed by atoms with E-state index in [0.29, 0.717) is 28.4 Å². The molecule has 0 spiro atoms. The zero-order valence-corrected chi connectivity index (χ0v) is 11.7. The molecule has 0 aliphatic rings. The number of carbonyl (C=O) groups excluding carboxylic acids is 1. The molecule has 19 heavy (non-hydrogen) atoms. The van der Waals surface area contributed by atoms with Gasteiger partial charge in [0.15, 0.2) is 0 Å². The molecule has 0 bridgehead atoms. The highest BCUT2D eigenvalue weighted by molar-refractivity contribution is 7.99. The average molecular weight is 299 g/mol. The van der Waals surface area contributed by atoms with E-state index in [4.69, 9.17) is 16.0 Å². The lowest BCUT2D eigenvalue weighted by atomic mass is 10.4. The third-order valence-corrected chi connectivity index (χ3v) is 3.11. The number of pyridine rings is 1. The molecule has 0 fully saturated rings. The van der Waals surface area contributed by atoms with Crippen molar-refractivity contribution in [3.63, 3.8) is 0 Å². The number of rotatable bonds is 5. The summed E-state index contributed by atoms with van der Waals surface area (Å²) in [6.45, 7) is 1.92. The number of carbonyl (C=O) groups is 1. The van der Waals surface area contributed by atoms with Crippen LogP contribution in [0.25, 0.3) is 0 Å². The fourth-order valence-electron chi connectivity index (χ4n) is 1.20. The predicted molar refractivity (Wildman–Crippen MR) is 72.3 cm³/mol. The molecule has 0 atom stereocenters. The van der Waals surface area contributed by atoms with Gasteiger partial charge in [-0.1, -0.05) is 30.3 Å². The predicted octanol–water partition coefficient (Wildman–Crippen LogP) is 2.41. The monoisotopic (exact) mass is 298 g/mol. The topological polar surface area (TPSA) is 80.9 Å². The Balaban J connectivity index is 1.82. The summed E-state index contributed by atoms with van der Waals surface area (Å²) in [6.07, 6.45) is 2.14. The lowest BCUT2D eigenvalue weighted by Gasteiger charge is -2.02. The largest absolute Gasteiger partial charge is 0.416 e. The van der Waals surface area contributed by atoms with Crippen LogP contribution in [0.3, 0.4) is 0 Å². The van der Waals surface area contributed by atoms with Crippen LogP contribution in [0.2, 0.25) is 5.02 Å². The van der Waals surface area contributed by atoms with Crippen LogP contribution in [0.5, 0.6) is 0 Å². The van der Waals surface area contributed by atoms with Crippen LogP contribution >= 0.6 is 23.4 Å². The Kier molecular flexibility index (Phi) is 4.75. The van der Waals surface area contributed by atoms with Gasteiger partial charge in [-0.3, -0.25) is 4.79 Å². The van der Waals surface area contributed by atoms with Crippen LogP contribution in [0.15, 0.2) is 28.0 Å². The maximum Gasteiger partial charge on any atom is 0.277 e. The number of aryl methyl sites for hydroxylation is 1. The van der Waals surface area contributed by atoms with E-state index < -0.39 is 0 Å². The normalized spacial score (nSPS) is 10.4. The quantitative estimate of drug-likeness (QED) is 0.854. The standard InChI is InChI=1S/C11H11ClN4O2S/c1-2-10-15-16-11(18-10)19-6-9(17)14-8-4-3-7(12)5-13-8/h3-5H,2,6H2,1H3,(H,13,14,17). The highest BCUT2D eigenvalue weighted by Crippen LogP contribution is 2.16. The second-order valence-electron chi connectivity index (χ2n) is 3.51. The summed E-state index contributed by atoms with van der Waals surface area (Å²) in [7, 11) is 0. The molecular formula is C11H11ClN4O2S. The van der Waals surface area contributed by atoms with Crippen molar-refractivity contribution >= 4 is 35.1 Å². The van der Waals surface area contributed by atoms with Crippen molar-refractivity contribution in [1.82, 2.24) is 15.2 Å². The average Bonchev–Trinajstić information content (AvgIpc) is 2.87. The number of halogens is 1. The van der Waals surface area contributed by atoms with E-state index in [2.05, 4.69) is 20.5 Å². The number of anilines is 1. The molecule has 0 aliphatic carbocycles. The molecule has 2 aromatic heterocycles. The van der Waals surface area contributed by atoms with E-state index in [1.807, 2.05) is 6.92 Å². The number of thioether (sulfide) groups is 1. The summed E-state index contributed by atoms with van der Waals surface area (Å²) in [5.41, 5.74) is 0. The highest BCUT2D eigenvalue weighted by atomic mass is 35.5. The molecule has 100 valence electrons. The van der Waals surface area contributed by atoms with Gasteiger partial charge in [0.05, 0.1) is 10.8 Å². The second-order valence-corrected chi connectivity index (χ2v) is 4.88. The summed E-state index contributed by atoms with van der Waals surface area (Å²) < 4.78 is 5.28. The van der Waals surface area contributed by atoms with Gasteiger partial charge in [-0.25, -0.2) is 4.98 Å². The molecule has 0 saturated carbocycles. The first kappa shape index (κ1) is 13.8. The van der Waals surface area contributed by atoms with E-state index in [1.54, 1.807) is 12.1 Å². The number of hydrogen-bond acceptors (Lipinski definition) is 6. The summed E-state index contributed by atoms with van der Waals surface area (Å²) in [5.74, 6) is 0.989. The summed E-state index contributed by atoms with van der Waals surface area (Å²) >= 11 is 6.88. The lowest BCUT2D eigenvalue weighted by molar-refractivity contribution is -0.113. The molecule has 2 heterocycles. The van der Waals surface area contributed by atoms with Crippen LogP contribution in [0.1, 0.15) is 12.8 Å². The third kappa shape index (κ3) is 4.22. The molecule has 0 unspecified atom stereocenters. The van der Waals surface area contributed by atoms with Gasteiger partial charge in [-0.15, -0.1) is 10.2 Å². The van der Waals surface area contributed by atoms with E-state index in [-0.39, 0.29) is 11.7 Å². The summed E-state index contributed by atoms with van der Waals surface area (Å²) in [4.78, 5) is 15.6. The number of amides is 1. The van der Waals surface area contributed by atoms with Crippen molar-refractivity contribution in [3.05, 3.63) is 29.2 Å². The van der Waals surface area contributed by atoms with Gasteiger partial charge in [0.2, 0.25) is 11.8 Å². The van der Waals surface area contributed by atoms with Gasteiger partial charge in [-0.2, -0.15) is 0 Å².